The van der Waals surface area contributed by atoms with Crippen LogP contribution in [-0.4, -0.2) is 8.92 Å². The van der Waals surface area contributed by atoms with Gasteiger partial charge in [0.1, 0.15) is 4.84 Å². The molecule has 0 nitrogen and oxygen atoms in total. The van der Waals surface area contributed by atoms with Crippen LogP contribution in [0.5, 0.6) is 0 Å². The first-order valence-electron chi connectivity index (χ1n) is 2.44. The standard InChI is InChI=1S/C5H6Cl2S2/c1-5(4(6)7)8-2-3-9-5/h2-4H,1H3. The first kappa shape index (κ1) is 8.12. The van der Waals surface area contributed by atoms with Crippen molar-refractivity contribution in [3.63, 3.8) is 0 Å². The van der Waals surface area contributed by atoms with Crippen molar-refractivity contribution in [2.24, 2.45) is 0 Å². The highest BCUT2D eigenvalue weighted by Crippen LogP contribution is 2.49. The molecular weight excluding hydrogens is 195 g/mol. The monoisotopic (exact) mass is 200 g/mol. The Bertz CT molecular complexity index is 125. The van der Waals surface area contributed by atoms with E-state index in [1.54, 1.807) is 23.5 Å². The minimum absolute atomic E-state index is 0.0525. The second-order valence-electron chi connectivity index (χ2n) is 1.82. The van der Waals surface area contributed by atoms with Gasteiger partial charge in [-0.2, -0.15) is 0 Å². The lowest BCUT2D eigenvalue weighted by Crippen LogP contribution is -2.20. The zero-order chi connectivity index (χ0) is 6.91. The first-order valence-corrected chi connectivity index (χ1v) is 5.07. The molecule has 0 atom stereocenters. The van der Waals surface area contributed by atoms with Gasteiger partial charge in [0.2, 0.25) is 0 Å². The molecule has 0 aromatic carbocycles. The van der Waals surface area contributed by atoms with Crippen LogP contribution < -0.4 is 0 Å². The van der Waals surface area contributed by atoms with E-state index in [1.165, 1.54) is 0 Å². The summed E-state index contributed by atoms with van der Waals surface area (Å²) in [6.07, 6.45) is 0. The number of alkyl halides is 2. The molecule has 0 radical (unpaired) electrons. The lowest BCUT2D eigenvalue weighted by molar-refractivity contribution is 0.996. The number of hydrogen-bond acceptors (Lipinski definition) is 2. The fourth-order valence-electron chi connectivity index (χ4n) is 0.456. The Hall–Kier alpha value is 1.02. The van der Waals surface area contributed by atoms with Gasteiger partial charge < -0.3 is 0 Å². The predicted octanol–water partition coefficient (Wildman–Crippen LogP) is 3.46. The second-order valence-corrected chi connectivity index (χ2v) is 5.89. The van der Waals surface area contributed by atoms with Crippen LogP contribution in [-0.2, 0) is 0 Å². The molecule has 0 saturated carbocycles. The minimum atomic E-state index is -0.303. The Morgan fingerprint density at radius 3 is 2.00 bits per heavy atom. The molecule has 0 aromatic rings. The molecule has 0 aromatic heterocycles. The minimum Gasteiger partial charge on any atom is -0.113 e. The quantitative estimate of drug-likeness (QED) is 0.596. The fourth-order valence-corrected chi connectivity index (χ4v) is 2.82. The van der Waals surface area contributed by atoms with Crippen LogP contribution in [0.1, 0.15) is 6.92 Å². The van der Waals surface area contributed by atoms with E-state index in [1.807, 2.05) is 17.7 Å². The Kier molecular flexibility index (Phi) is 2.66. The van der Waals surface area contributed by atoms with Crippen LogP contribution in [0.3, 0.4) is 0 Å². The van der Waals surface area contributed by atoms with E-state index in [2.05, 4.69) is 0 Å². The van der Waals surface area contributed by atoms with E-state index in [0.717, 1.165) is 0 Å². The first-order chi connectivity index (χ1) is 4.15. The maximum absolute atomic E-state index is 5.71. The third kappa shape index (κ3) is 1.73. The van der Waals surface area contributed by atoms with Crippen LogP contribution >= 0.6 is 46.7 Å². The summed E-state index contributed by atoms with van der Waals surface area (Å²) in [5.41, 5.74) is 0. The Balaban J connectivity index is 2.55. The van der Waals surface area contributed by atoms with Gasteiger partial charge in [0.15, 0.2) is 0 Å². The van der Waals surface area contributed by atoms with Crippen molar-refractivity contribution in [3.05, 3.63) is 10.8 Å². The molecule has 0 aliphatic carbocycles. The van der Waals surface area contributed by atoms with Gasteiger partial charge >= 0.3 is 0 Å². The Morgan fingerprint density at radius 2 is 1.78 bits per heavy atom. The molecule has 0 saturated heterocycles. The molecular formula is C5H6Cl2S2. The lowest BCUT2D eigenvalue weighted by atomic mass is 10.5. The average Bonchev–Trinajstić information content (AvgIpc) is 2.16. The molecule has 1 aliphatic heterocycles. The summed E-state index contributed by atoms with van der Waals surface area (Å²) in [6, 6.07) is 0. The van der Waals surface area contributed by atoms with E-state index in [4.69, 9.17) is 23.2 Å². The third-order valence-corrected chi connectivity index (χ3v) is 5.15. The highest BCUT2D eigenvalue weighted by Gasteiger charge is 2.34. The van der Waals surface area contributed by atoms with E-state index < -0.39 is 0 Å². The van der Waals surface area contributed by atoms with Gasteiger partial charge in [0.05, 0.1) is 4.08 Å². The fraction of sp³-hybridized carbons (Fsp3) is 0.600. The van der Waals surface area contributed by atoms with Crippen LogP contribution in [0.25, 0.3) is 0 Å². The predicted molar refractivity (Wildman–Crippen MR) is 48.2 cm³/mol. The summed E-state index contributed by atoms with van der Waals surface area (Å²) < 4.78 is -0.0525. The third-order valence-electron chi connectivity index (χ3n) is 1.06. The maximum atomic E-state index is 5.71. The van der Waals surface area contributed by atoms with E-state index in [9.17, 15) is 0 Å². The molecule has 0 unspecified atom stereocenters. The molecule has 0 amide bonds. The Morgan fingerprint density at radius 1 is 1.33 bits per heavy atom. The van der Waals surface area contributed by atoms with E-state index in [0.29, 0.717) is 0 Å². The highest BCUT2D eigenvalue weighted by molar-refractivity contribution is 8.23. The molecule has 1 heterocycles. The van der Waals surface area contributed by atoms with Crippen LogP contribution in [0, 0.1) is 0 Å². The van der Waals surface area contributed by atoms with Gasteiger partial charge in [0.25, 0.3) is 0 Å². The summed E-state index contributed by atoms with van der Waals surface area (Å²) >= 11 is 14.8. The molecule has 4 heteroatoms. The van der Waals surface area contributed by atoms with Crippen molar-refractivity contribution >= 4 is 46.7 Å². The molecule has 52 valence electrons. The molecule has 1 aliphatic rings. The van der Waals surface area contributed by atoms with Crippen molar-refractivity contribution in [3.8, 4) is 0 Å². The smallest absolute Gasteiger partial charge is 0.113 e. The number of hydrogen-bond donors (Lipinski definition) is 0. The van der Waals surface area contributed by atoms with Crippen molar-refractivity contribution < 1.29 is 0 Å². The van der Waals surface area contributed by atoms with Gasteiger partial charge in [-0.25, -0.2) is 0 Å². The number of rotatable bonds is 1. The summed E-state index contributed by atoms with van der Waals surface area (Å²) in [7, 11) is 0. The van der Waals surface area contributed by atoms with Crippen molar-refractivity contribution in [1.29, 1.82) is 0 Å². The maximum Gasteiger partial charge on any atom is 0.131 e. The number of halogens is 2. The molecule has 9 heavy (non-hydrogen) atoms. The normalized spacial score (nSPS) is 23.6. The van der Waals surface area contributed by atoms with E-state index in [-0.39, 0.29) is 8.92 Å². The van der Waals surface area contributed by atoms with Crippen LogP contribution in [0.4, 0.5) is 0 Å². The van der Waals surface area contributed by atoms with Gasteiger partial charge in [-0.05, 0) is 17.7 Å². The summed E-state index contributed by atoms with van der Waals surface area (Å²) in [4.78, 5) is -0.303. The number of thioether (sulfide) groups is 2. The SMILES string of the molecule is CC1(C(Cl)Cl)SC=CS1. The molecule has 1 rings (SSSR count). The summed E-state index contributed by atoms with van der Waals surface area (Å²) in [5.74, 6) is 0. The van der Waals surface area contributed by atoms with Gasteiger partial charge in [-0.1, -0.05) is 0 Å². The van der Waals surface area contributed by atoms with Gasteiger partial charge in [-0.3, -0.25) is 0 Å². The average molecular weight is 201 g/mol. The van der Waals surface area contributed by atoms with Crippen molar-refractivity contribution in [1.82, 2.24) is 0 Å². The Labute approximate surface area is 73.4 Å². The van der Waals surface area contributed by atoms with Crippen molar-refractivity contribution in [2.45, 2.75) is 15.8 Å². The van der Waals surface area contributed by atoms with Gasteiger partial charge in [-0.15, -0.1) is 46.7 Å². The molecule has 0 fully saturated rings. The second kappa shape index (κ2) is 2.95. The highest BCUT2D eigenvalue weighted by atomic mass is 35.5. The van der Waals surface area contributed by atoms with Crippen LogP contribution in [0.15, 0.2) is 10.8 Å². The van der Waals surface area contributed by atoms with Crippen LogP contribution in [0.2, 0.25) is 0 Å². The molecule has 0 bridgehead atoms. The zero-order valence-electron chi connectivity index (χ0n) is 4.80. The summed E-state index contributed by atoms with van der Waals surface area (Å²) in [5, 5.41) is 4.03. The lowest BCUT2D eigenvalue weighted by Gasteiger charge is -2.21. The summed E-state index contributed by atoms with van der Waals surface area (Å²) in [6.45, 7) is 2.03. The van der Waals surface area contributed by atoms with Gasteiger partial charge in [0, 0.05) is 0 Å². The zero-order valence-corrected chi connectivity index (χ0v) is 7.95. The van der Waals surface area contributed by atoms with Crippen molar-refractivity contribution in [2.75, 3.05) is 0 Å². The topological polar surface area (TPSA) is 0 Å². The molecule has 0 N–H and O–H groups in total. The van der Waals surface area contributed by atoms with E-state index >= 15 is 0 Å². The largest absolute Gasteiger partial charge is 0.131 e. The molecule has 0 spiro atoms.